The minimum atomic E-state index is 0.256. The van der Waals surface area contributed by atoms with Crippen LogP contribution < -0.4 is 5.32 Å². The second-order valence-electron chi connectivity index (χ2n) is 5.52. The summed E-state index contributed by atoms with van der Waals surface area (Å²) < 4.78 is 2.12. The minimum absolute atomic E-state index is 0.256. The van der Waals surface area contributed by atoms with E-state index in [0.29, 0.717) is 5.92 Å². The van der Waals surface area contributed by atoms with Crippen molar-refractivity contribution in [3.05, 3.63) is 47.8 Å². The van der Waals surface area contributed by atoms with E-state index < -0.39 is 0 Å². The summed E-state index contributed by atoms with van der Waals surface area (Å²) in [7, 11) is 2.07. The second-order valence-corrected chi connectivity index (χ2v) is 5.52. The lowest BCUT2D eigenvalue weighted by Gasteiger charge is -2.24. The Morgan fingerprint density at radius 1 is 1.40 bits per heavy atom. The molecule has 2 aromatic heterocycles. The first kappa shape index (κ1) is 13.3. The first-order chi connectivity index (χ1) is 9.81. The summed E-state index contributed by atoms with van der Waals surface area (Å²) in [6, 6.07) is 4.50. The van der Waals surface area contributed by atoms with Gasteiger partial charge in [0.2, 0.25) is 0 Å². The van der Waals surface area contributed by atoms with Crippen LogP contribution >= 0.6 is 0 Å². The minimum Gasteiger partial charge on any atom is -0.337 e. The molecule has 1 aliphatic rings. The van der Waals surface area contributed by atoms with Crippen LogP contribution in [0.25, 0.3) is 0 Å². The zero-order valence-corrected chi connectivity index (χ0v) is 12.2. The van der Waals surface area contributed by atoms with Gasteiger partial charge in [-0.1, -0.05) is 13.0 Å². The number of nitrogens with zero attached hydrogens (tertiary/aromatic N) is 3. The number of hydrogen-bond donors (Lipinski definition) is 1. The lowest BCUT2D eigenvalue weighted by Crippen LogP contribution is -2.29. The van der Waals surface area contributed by atoms with E-state index in [-0.39, 0.29) is 6.04 Å². The molecule has 1 aliphatic carbocycles. The molecular weight excluding hydrogens is 248 g/mol. The monoisotopic (exact) mass is 270 g/mol. The van der Waals surface area contributed by atoms with Gasteiger partial charge < -0.3 is 9.88 Å². The van der Waals surface area contributed by atoms with Crippen molar-refractivity contribution in [2.24, 2.45) is 7.05 Å². The van der Waals surface area contributed by atoms with Crippen molar-refractivity contribution in [2.75, 3.05) is 6.54 Å². The first-order valence-corrected chi connectivity index (χ1v) is 7.45. The molecule has 0 bridgehead atoms. The van der Waals surface area contributed by atoms with Gasteiger partial charge in [0, 0.05) is 37.3 Å². The standard InChI is InChI=1S/C16H22N4/c1-3-8-17-15(16-19-10-11-20(16)2)13-7-6-12-5-4-9-18-14(12)13/h4-5,9-11,13,15,17H,3,6-8H2,1-2H3. The predicted molar refractivity (Wildman–Crippen MR) is 79.5 cm³/mol. The molecule has 0 fully saturated rings. The van der Waals surface area contributed by atoms with E-state index in [9.17, 15) is 0 Å². The zero-order chi connectivity index (χ0) is 13.9. The van der Waals surface area contributed by atoms with Gasteiger partial charge in [-0.2, -0.15) is 0 Å². The topological polar surface area (TPSA) is 42.7 Å². The van der Waals surface area contributed by atoms with E-state index in [4.69, 9.17) is 0 Å². The van der Waals surface area contributed by atoms with Gasteiger partial charge in [0.15, 0.2) is 0 Å². The van der Waals surface area contributed by atoms with Gasteiger partial charge in [-0.3, -0.25) is 4.98 Å². The van der Waals surface area contributed by atoms with Crippen molar-refractivity contribution in [2.45, 2.75) is 38.1 Å². The number of rotatable bonds is 5. The van der Waals surface area contributed by atoms with Crippen LogP contribution in [0.4, 0.5) is 0 Å². The average molecular weight is 270 g/mol. The zero-order valence-electron chi connectivity index (χ0n) is 12.2. The van der Waals surface area contributed by atoms with Crippen LogP contribution in [0, 0.1) is 0 Å². The van der Waals surface area contributed by atoms with Gasteiger partial charge in [-0.15, -0.1) is 0 Å². The fourth-order valence-corrected chi connectivity index (χ4v) is 3.16. The van der Waals surface area contributed by atoms with Gasteiger partial charge in [-0.05, 0) is 37.4 Å². The molecule has 4 heteroatoms. The van der Waals surface area contributed by atoms with E-state index in [0.717, 1.165) is 31.6 Å². The van der Waals surface area contributed by atoms with Crippen LogP contribution in [0.5, 0.6) is 0 Å². The summed E-state index contributed by atoms with van der Waals surface area (Å²) in [6.07, 6.45) is 9.22. The molecule has 0 saturated heterocycles. The molecule has 4 nitrogen and oxygen atoms in total. The number of nitrogens with one attached hydrogen (secondary N) is 1. The van der Waals surface area contributed by atoms with Gasteiger partial charge in [0.25, 0.3) is 0 Å². The van der Waals surface area contributed by atoms with Crippen LogP contribution in [0.2, 0.25) is 0 Å². The Kier molecular flexibility index (Phi) is 3.83. The summed E-state index contributed by atoms with van der Waals surface area (Å²) in [5.41, 5.74) is 2.65. The summed E-state index contributed by atoms with van der Waals surface area (Å²) in [6.45, 7) is 3.21. The SMILES string of the molecule is CCCNC(c1nccn1C)C1CCc2cccnc21. The third kappa shape index (κ3) is 2.36. The molecule has 0 aliphatic heterocycles. The molecule has 0 saturated carbocycles. The normalized spacial score (nSPS) is 19.0. The Morgan fingerprint density at radius 3 is 3.05 bits per heavy atom. The molecule has 0 aromatic carbocycles. The quantitative estimate of drug-likeness (QED) is 0.908. The number of fused-ring (bicyclic) bond motifs is 1. The summed E-state index contributed by atoms with van der Waals surface area (Å²) in [4.78, 5) is 9.19. The van der Waals surface area contributed by atoms with Crippen molar-refractivity contribution < 1.29 is 0 Å². The maximum absolute atomic E-state index is 4.63. The summed E-state index contributed by atoms with van der Waals surface area (Å²) in [5, 5.41) is 3.67. The predicted octanol–water partition coefficient (Wildman–Crippen LogP) is 2.59. The largest absolute Gasteiger partial charge is 0.337 e. The van der Waals surface area contributed by atoms with Gasteiger partial charge in [-0.25, -0.2) is 4.98 Å². The third-order valence-corrected chi connectivity index (χ3v) is 4.16. The molecule has 0 amide bonds. The number of pyridine rings is 1. The summed E-state index contributed by atoms with van der Waals surface area (Å²) >= 11 is 0. The van der Waals surface area contributed by atoms with E-state index in [1.165, 1.54) is 11.3 Å². The van der Waals surface area contributed by atoms with E-state index in [1.54, 1.807) is 0 Å². The lowest BCUT2D eigenvalue weighted by molar-refractivity contribution is 0.410. The van der Waals surface area contributed by atoms with Crippen LogP contribution in [0.1, 0.15) is 48.8 Å². The fourth-order valence-electron chi connectivity index (χ4n) is 3.16. The maximum atomic E-state index is 4.63. The van der Waals surface area contributed by atoms with E-state index >= 15 is 0 Å². The first-order valence-electron chi connectivity index (χ1n) is 7.45. The van der Waals surface area contributed by atoms with E-state index in [1.807, 2.05) is 24.7 Å². The average Bonchev–Trinajstić information content (AvgIpc) is 3.07. The van der Waals surface area contributed by atoms with Crippen LogP contribution in [-0.4, -0.2) is 21.1 Å². The highest BCUT2D eigenvalue weighted by Crippen LogP contribution is 2.39. The molecule has 2 heterocycles. The highest BCUT2D eigenvalue weighted by molar-refractivity contribution is 5.31. The molecule has 1 N–H and O–H groups in total. The third-order valence-electron chi connectivity index (χ3n) is 4.16. The van der Waals surface area contributed by atoms with Crippen LogP contribution in [0.15, 0.2) is 30.7 Å². The van der Waals surface area contributed by atoms with Crippen molar-refractivity contribution in [1.82, 2.24) is 19.9 Å². The molecule has 2 aromatic rings. The number of aromatic nitrogens is 3. The Hall–Kier alpha value is -1.68. The van der Waals surface area contributed by atoms with Crippen LogP contribution in [0.3, 0.4) is 0 Å². The van der Waals surface area contributed by atoms with Crippen LogP contribution in [-0.2, 0) is 13.5 Å². The number of hydrogen-bond acceptors (Lipinski definition) is 3. The maximum Gasteiger partial charge on any atom is 0.126 e. The molecule has 106 valence electrons. The van der Waals surface area contributed by atoms with Gasteiger partial charge in [0.1, 0.15) is 5.82 Å². The Labute approximate surface area is 120 Å². The fraction of sp³-hybridized carbons (Fsp3) is 0.500. The molecule has 2 atom stereocenters. The Balaban J connectivity index is 1.93. The highest BCUT2D eigenvalue weighted by atomic mass is 15.1. The molecule has 20 heavy (non-hydrogen) atoms. The molecular formula is C16H22N4. The highest BCUT2D eigenvalue weighted by Gasteiger charge is 2.33. The van der Waals surface area contributed by atoms with Crippen molar-refractivity contribution in [1.29, 1.82) is 0 Å². The van der Waals surface area contributed by atoms with Crippen molar-refractivity contribution in [3.63, 3.8) is 0 Å². The number of aryl methyl sites for hydroxylation is 2. The number of imidazole rings is 1. The smallest absolute Gasteiger partial charge is 0.126 e. The molecule has 2 unspecified atom stereocenters. The Bertz CT molecular complexity index is 575. The molecule has 3 rings (SSSR count). The van der Waals surface area contributed by atoms with Crippen molar-refractivity contribution in [3.8, 4) is 0 Å². The second kappa shape index (κ2) is 5.75. The molecule has 0 spiro atoms. The van der Waals surface area contributed by atoms with Crippen molar-refractivity contribution >= 4 is 0 Å². The Morgan fingerprint density at radius 2 is 2.30 bits per heavy atom. The lowest BCUT2D eigenvalue weighted by atomic mass is 9.96. The van der Waals surface area contributed by atoms with Gasteiger partial charge >= 0.3 is 0 Å². The summed E-state index contributed by atoms with van der Waals surface area (Å²) in [5.74, 6) is 1.54. The molecule has 0 radical (unpaired) electrons. The van der Waals surface area contributed by atoms with Gasteiger partial charge in [0.05, 0.1) is 6.04 Å². The van der Waals surface area contributed by atoms with E-state index in [2.05, 4.69) is 39.9 Å².